The Labute approximate surface area is 115 Å². The van der Waals surface area contributed by atoms with E-state index in [4.69, 9.17) is 11.6 Å². The average molecular weight is 274 g/mol. The second kappa shape index (κ2) is 4.28. The van der Waals surface area contributed by atoms with Crippen molar-refractivity contribution < 1.29 is 0 Å². The first kappa shape index (κ1) is 12.0. The van der Waals surface area contributed by atoms with Gasteiger partial charge in [-0.05, 0) is 38.5 Å². The van der Waals surface area contributed by atoms with Gasteiger partial charge in [-0.15, -0.1) is 10.2 Å². The molecule has 0 radical (unpaired) electrons. The lowest BCUT2D eigenvalue weighted by molar-refractivity contribution is 0.912. The molecule has 0 bridgehead atoms. The first-order valence-electron chi connectivity index (χ1n) is 5.90. The van der Waals surface area contributed by atoms with Crippen LogP contribution in [0.1, 0.15) is 16.8 Å². The van der Waals surface area contributed by atoms with Crippen LogP contribution in [0.4, 0.5) is 0 Å². The van der Waals surface area contributed by atoms with Crippen LogP contribution in [0.2, 0.25) is 5.15 Å². The molecule has 96 valence electrons. The molecule has 0 aliphatic carbocycles. The molecule has 0 N–H and O–H groups in total. The summed E-state index contributed by atoms with van der Waals surface area (Å²) >= 11 is 6.13. The molecule has 0 aliphatic heterocycles. The highest BCUT2D eigenvalue weighted by Gasteiger charge is 2.15. The van der Waals surface area contributed by atoms with Crippen LogP contribution in [0.3, 0.4) is 0 Å². The molecule has 5 nitrogen and oxygen atoms in total. The molecule has 0 aliphatic rings. The average Bonchev–Trinajstić information content (AvgIpc) is 2.80. The van der Waals surface area contributed by atoms with E-state index >= 15 is 0 Å². The maximum atomic E-state index is 6.13. The fourth-order valence-corrected chi connectivity index (χ4v) is 2.14. The van der Waals surface area contributed by atoms with Crippen LogP contribution in [0, 0.1) is 20.8 Å². The largest absolute Gasteiger partial charge is 0.250 e. The van der Waals surface area contributed by atoms with Crippen LogP contribution in [-0.2, 0) is 0 Å². The normalized spacial score (nSPS) is 11.2. The van der Waals surface area contributed by atoms with E-state index in [0.717, 1.165) is 22.5 Å². The van der Waals surface area contributed by atoms with Gasteiger partial charge in [0.1, 0.15) is 5.69 Å². The molecule has 3 rings (SSSR count). The minimum absolute atomic E-state index is 0.457. The van der Waals surface area contributed by atoms with Gasteiger partial charge in [-0.1, -0.05) is 17.7 Å². The number of rotatable bonds is 1. The Balaban J connectivity index is 2.32. The number of hydrogen-bond acceptors (Lipinski definition) is 4. The van der Waals surface area contributed by atoms with E-state index in [0.29, 0.717) is 16.6 Å². The van der Waals surface area contributed by atoms with E-state index < -0.39 is 0 Å². The van der Waals surface area contributed by atoms with Crippen molar-refractivity contribution in [2.75, 3.05) is 0 Å². The van der Waals surface area contributed by atoms with Crippen LogP contribution in [0.5, 0.6) is 0 Å². The molecule has 0 saturated carbocycles. The van der Waals surface area contributed by atoms with Crippen molar-refractivity contribution in [3.63, 3.8) is 0 Å². The van der Waals surface area contributed by atoms with E-state index in [1.807, 2.05) is 39.0 Å². The number of fused-ring (bicyclic) bond motifs is 1. The number of hydrogen-bond donors (Lipinski definition) is 0. The number of aromatic nitrogens is 5. The minimum atomic E-state index is 0.457. The number of nitrogens with zero attached hydrogens (tertiary/aromatic N) is 5. The van der Waals surface area contributed by atoms with Crippen molar-refractivity contribution in [1.82, 2.24) is 24.8 Å². The highest BCUT2D eigenvalue weighted by Crippen LogP contribution is 2.22. The van der Waals surface area contributed by atoms with Gasteiger partial charge < -0.3 is 0 Å². The summed E-state index contributed by atoms with van der Waals surface area (Å²) in [6.07, 6.45) is 0. The fourth-order valence-electron chi connectivity index (χ4n) is 1.92. The van der Waals surface area contributed by atoms with Gasteiger partial charge in [0.15, 0.2) is 10.8 Å². The summed E-state index contributed by atoms with van der Waals surface area (Å²) in [5, 5.41) is 13.1. The van der Waals surface area contributed by atoms with E-state index in [9.17, 15) is 0 Å². The van der Waals surface area contributed by atoms with Crippen molar-refractivity contribution in [1.29, 1.82) is 0 Å². The lowest BCUT2D eigenvalue weighted by Crippen LogP contribution is -2.01. The van der Waals surface area contributed by atoms with Gasteiger partial charge in [0, 0.05) is 11.3 Å². The molecular weight excluding hydrogens is 262 g/mol. The molecule has 0 fully saturated rings. The predicted octanol–water partition coefficient (Wildman–Crippen LogP) is 2.76. The van der Waals surface area contributed by atoms with Crippen LogP contribution in [0.15, 0.2) is 18.2 Å². The number of halogens is 1. The maximum absolute atomic E-state index is 6.13. The Morgan fingerprint density at radius 2 is 1.84 bits per heavy atom. The van der Waals surface area contributed by atoms with Crippen molar-refractivity contribution >= 4 is 17.2 Å². The molecule has 3 heterocycles. The third-order valence-corrected chi connectivity index (χ3v) is 3.51. The Morgan fingerprint density at radius 1 is 1.05 bits per heavy atom. The summed E-state index contributed by atoms with van der Waals surface area (Å²) in [5.41, 5.74) is 4.26. The zero-order chi connectivity index (χ0) is 13.6. The minimum Gasteiger partial charge on any atom is -0.250 e. The quantitative estimate of drug-likeness (QED) is 0.684. The van der Waals surface area contributed by atoms with Crippen molar-refractivity contribution in [2.24, 2.45) is 0 Å². The monoisotopic (exact) mass is 273 g/mol. The number of pyridine rings is 1. The summed E-state index contributed by atoms with van der Waals surface area (Å²) < 4.78 is 1.65. The van der Waals surface area contributed by atoms with Gasteiger partial charge in [-0.2, -0.15) is 9.61 Å². The van der Waals surface area contributed by atoms with Gasteiger partial charge in [-0.25, -0.2) is 4.98 Å². The lowest BCUT2D eigenvalue weighted by atomic mass is 10.2. The molecule has 0 unspecified atom stereocenters. The third-order valence-electron chi connectivity index (χ3n) is 3.15. The molecule has 0 spiro atoms. The van der Waals surface area contributed by atoms with Gasteiger partial charge in [0.25, 0.3) is 0 Å². The molecule has 6 heteroatoms. The first-order valence-corrected chi connectivity index (χ1v) is 6.28. The zero-order valence-electron chi connectivity index (χ0n) is 10.8. The highest BCUT2D eigenvalue weighted by molar-refractivity contribution is 6.30. The number of aryl methyl sites for hydroxylation is 2. The predicted molar refractivity (Wildman–Crippen MR) is 73.2 cm³/mol. The Kier molecular flexibility index (Phi) is 2.71. The van der Waals surface area contributed by atoms with Gasteiger partial charge >= 0.3 is 0 Å². The first-order chi connectivity index (χ1) is 9.08. The van der Waals surface area contributed by atoms with Crippen molar-refractivity contribution in [2.45, 2.75) is 20.8 Å². The molecule has 3 aromatic heterocycles. The summed E-state index contributed by atoms with van der Waals surface area (Å²) in [5.74, 6) is 0.601. The standard InChI is InChI=1S/C13H12ClN5/c1-7-5-4-6-10(15-7)13-17-16-12-9(3)8(2)11(14)18-19(12)13/h4-6H,1-3H3. The van der Waals surface area contributed by atoms with E-state index in [1.54, 1.807) is 4.52 Å². The summed E-state index contributed by atoms with van der Waals surface area (Å²) in [6.45, 7) is 5.81. The maximum Gasteiger partial charge on any atom is 0.203 e. The van der Waals surface area contributed by atoms with E-state index in [-0.39, 0.29) is 0 Å². The van der Waals surface area contributed by atoms with Crippen LogP contribution in [0.25, 0.3) is 17.2 Å². The topological polar surface area (TPSA) is 56.0 Å². The zero-order valence-corrected chi connectivity index (χ0v) is 11.6. The molecule has 19 heavy (non-hydrogen) atoms. The second-order valence-corrected chi connectivity index (χ2v) is 4.82. The van der Waals surface area contributed by atoms with Gasteiger partial charge in [0.05, 0.1) is 0 Å². The van der Waals surface area contributed by atoms with E-state index in [2.05, 4.69) is 20.3 Å². The lowest BCUT2D eigenvalue weighted by Gasteiger charge is -2.05. The summed E-state index contributed by atoms with van der Waals surface area (Å²) in [4.78, 5) is 4.44. The Bertz CT molecular complexity index is 778. The second-order valence-electron chi connectivity index (χ2n) is 4.46. The van der Waals surface area contributed by atoms with Crippen LogP contribution >= 0.6 is 11.6 Å². The molecule has 0 amide bonds. The summed E-state index contributed by atoms with van der Waals surface area (Å²) in [7, 11) is 0. The van der Waals surface area contributed by atoms with Gasteiger partial charge in [0.2, 0.25) is 5.82 Å². The third kappa shape index (κ3) is 1.86. The summed E-state index contributed by atoms with van der Waals surface area (Å²) in [6, 6.07) is 5.75. The molecular formula is C13H12ClN5. The highest BCUT2D eigenvalue weighted by atomic mass is 35.5. The Hall–Kier alpha value is -2.01. The van der Waals surface area contributed by atoms with Crippen LogP contribution < -0.4 is 0 Å². The molecule has 0 aromatic carbocycles. The molecule has 3 aromatic rings. The van der Waals surface area contributed by atoms with Crippen LogP contribution in [-0.4, -0.2) is 24.8 Å². The Morgan fingerprint density at radius 3 is 2.58 bits per heavy atom. The molecule has 0 saturated heterocycles. The van der Waals surface area contributed by atoms with Crippen molar-refractivity contribution in [3.05, 3.63) is 40.2 Å². The van der Waals surface area contributed by atoms with Crippen molar-refractivity contribution in [3.8, 4) is 11.5 Å². The SMILES string of the molecule is Cc1cccc(-c2nnc3c(C)c(C)c(Cl)nn23)n1. The smallest absolute Gasteiger partial charge is 0.203 e. The molecule has 0 atom stereocenters. The fraction of sp³-hybridized carbons (Fsp3) is 0.231. The van der Waals surface area contributed by atoms with Gasteiger partial charge in [-0.3, -0.25) is 0 Å². The van der Waals surface area contributed by atoms with E-state index in [1.165, 1.54) is 0 Å².